The lowest BCUT2D eigenvalue weighted by molar-refractivity contribution is -0.116. The lowest BCUT2D eigenvalue weighted by Gasteiger charge is -2.24. The number of aromatic nitrogens is 2. The van der Waals surface area contributed by atoms with Crippen molar-refractivity contribution in [3.05, 3.63) is 86.7 Å². The molecule has 5 nitrogen and oxygen atoms in total. The molecule has 3 aromatic rings. The minimum Gasteiger partial charge on any atom is -0.310 e. The zero-order valence-corrected chi connectivity index (χ0v) is 16.3. The van der Waals surface area contributed by atoms with E-state index in [0.717, 1.165) is 17.2 Å². The van der Waals surface area contributed by atoms with E-state index in [-0.39, 0.29) is 23.4 Å². The summed E-state index contributed by atoms with van der Waals surface area (Å²) in [6.07, 6.45) is -0.159. The molecule has 8 heteroatoms. The molecule has 2 aromatic carbocycles. The number of rotatable bonds is 4. The molecule has 0 saturated heterocycles. The van der Waals surface area contributed by atoms with Gasteiger partial charge in [0.05, 0.1) is 5.56 Å². The van der Waals surface area contributed by atoms with Crippen LogP contribution < -0.4 is 10.9 Å². The Labute approximate surface area is 169 Å². The number of halogens is 2. The molecule has 0 spiro atoms. The number of amides is 1. The van der Waals surface area contributed by atoms with E-state index in [4.69, 9.17) is 0 Å². The summed E-state index contributed by atoms with van der Waals surface area (Å²) < 4.78 is 28.0. The van der Waals surface area contributed by atoms with Crippen LogP contribution in [0.25, 0.3) is 0 Å². The molecule has 0 bridgehead atoms. The highest BCUT2D eigenvalue weighted by molar-refractivity contribution is 7.98. The Balaban J connectivity index is 1.70. The second kappa shape index (κ2) is 7.79. The molecule has 4 rings (SSSR count). The molecule has 0 unspecified atom stereocenters. The number of aromatic amines is 1. The van der Waals surface area contributed by atoms with Crippen LogP contribution in [-0.2, 0) is 10.5 Å². The quantitative estimate of drug-likeness (QED) is 0.498. The lowest BCUT2D eigenvalue weighted by Crippen LogP contribution is -2.31. The Bertz CT molecular complexity index is 1160. The van der Waals surface area contributed by atoms with Gasteiger partial charge in [-0.15, -0.1) is 0 Å². The van der Waals surface area contributed by atoms with Crippen LogP contribution in [0.3, 0.4) is 0 Å². The third-order valence-corrected chi connectivity index (χ3v) is 5.83. The van der Waals surface area contributed by atoms with Crippen molar-refractivity contribution in [2.75, 3.05) is 5.32 Å². The van der Waals surface area contributed by atoms with Crippen molar-refractivity contribution in [3.63, 3.8) is 0 Å². The number of hydrogen-bond donors (Lipinski definition) is 2. The van der Waals surface area contributed by atoms with Crippen molar-refractivity contribution < 1.29 is 13.6 Å². The van der Waals surface area contributed by atoms with Crippen molar-refractivity contribution in [1.82, 2.24) is 9.97 Å². The fraction of sp³-hybridized carbons (Fsp3) is 0.190. The third kappa shape index (κ3) is 3.80. The molecule has 1 aliphatic heterocycles. The summed E-state index contributed by atoms with van der Waals surface area (Å²) in [7, 11) is 0. The number of fused-ring (bicyclic) bond motifs is 1. The first-order valence-corrected chi connectivity index (χ1v) is 9.98. The van der Waals surface area contributed by atoms with Gasteiger partial charge in [-0.3, -0.25) is 9.59 Å². The molecule has 1 atom stereocenters. The lowest BCUT2D eigenvalue weighted by atomic mass is 9.86. The average Bonchev–Trinajstić information content (AvgIpc) is 2.68. The zero-order valence-electron chi connectivity index (χ0n) is 15.5. The van der Waals surface area contributed by atoms with Crippen LogP contribution in [0.5, 0.6) is 0 Å². The monoisotopic (exact) mass is 413 g/mol. The van der Waals surface area contributed by atoms with E-state index in [9.17, 15) is 18.4 Å². The van der Waals surface area contributed by atoms with Gasteiger partial charge in [0.15, 0.2) is 16.8 Å². The SMILES string of the molecule is Cc1ccccc1CSc1nc2c(c(=O)[nH]1)[C@@H](c1cccc(F)c1F)CC(=O)N2. The van der Waals surface area contributed by atoms with Gasteiger partial charge in [-0.05, 0) is 29.7 Å². The minimum absolute atomic E-state index is 0.0336. The number of nitrogens with zero attached hydrogens (tertiary/aromatic N) is 1. The summed E-state index contributed by atoms with van der Waals surface area (Å²) in [5.41, 5.74) is 1.84. The maximum atomic E-state index is 14.3. The Hall–Kier alpha value is -3.00. The van der Waals surface area contributed by atoms with E-state index in [2.05, 4.69) is 15.3 Å². The maximum absolute atomic E-state index is 14.3. The summed E-state index contributed by atoms with van der Waals surface area (Å²) in [5, 5.41) is 2.93. The van der Waals surface area contributed by atoms with Gasteiger partial charge < -0.3 is 10.3 Å². The van der Waals surface area contributed by atoms with Crippen LogP contribution in [0.1, 0.15) is 34.6 Å². The van der Waals surface area contributed by atoms with Crippen LogP contribution in [0.4, 0.5) is 14.6 Å². The van der Waals surface area contributed by atoms with Crippen LogP contribution in [-0.4, -0.2) is 15.9 Å². The van der Waals surface area contributed by atoms with Crippen LogP contribution >= 0.6 is 11.8 Å². The predicted octanol–water partition coefficient (Wildman–Crippen LogP) is 4.12. The fourth-order valence-electron chi connectivity index (χ4n) is 3.39. The molecule has 2 heterocycles. The number of nitrogens with one attached hydrogen (secondary N) is 2. The Kier molecular flexibility index (Phi) is 5.19. The zero-order chi connectivity index (χ0) is 20.5. The fourth-order valence-corrected chi connectivity index (χ4v) is 4.33. The third-order valence-electron chi connectivity index (χ3n) is 4.91. The van der Waals surface area contributed by atoms with E-state index in [1.807, 2.05) is 31.2 Å². The number of carbonyl (C=O) groups excluding carboxylic acids is 1. The van der Waals surface area contributed by atoms with Gasteiger partial charge in [0.1, 0.15) is 5.82 Å². The Morgan fingerprint density at radius 2 is 1.93 bits per heavy atom. The minimum atomic E-state index is -1.06. The second-order valence-corrected chi connectivity index (χ2v) is 7.76. The molecule has 2 N–H and O–H groups in total. The smallest absolute Gasteiger partial charge is 0.257 e. The number of hydrogen-bond acceptors (Lipinski definition) is 4. The van der Waals surface area contributed by atoms with E-state index < -0.39 is 29.0 Å². The van der Waals surface area contributed by atoms with Crippen LogP contribution in [0, 0.1) is 18.6 Å². The average molecular weight is 413 g/mol. The largest absolute Gasteiger partial charge is 0.310 e. The van der Waals surface area contributed by atoms with Crippen molar-refractivity contribution >= 4 is 23.5 Å². The van der Waals surface area contributed by atoms with E-state index in [1.165, 1.54) is 23.9 Å². The van der Waals surface area contributed by atoms with Crippen molar-refractivity contribution in [2.45, 2.75) is 30.2 Å². The Morgan fingerprint density at radius 3 is 2.72 bits per heavy atom. The van der Waals surface area contributed by atoms with E-state index in [0.29, 0.717) is 10.9 Å². The molecular weight excluding hydrogens is 396 g/mol. The molecule has 1 aromatic heterocycles. The normalized spacial score (nSPS) is 15.7. The van der Waals surface area contributed by atoms with Crippen molar-refractivity contribution in [1.29, 1.82) is 0 Å². The molecule has 0 aliphatic carbocycles. The maximum Gasteiger partial charge on any atom is 0.257 e. The Morgan fingerprint density at radius 1 is 1.14 bits per heavy atom. The van der Waals surface area contributed by atoms with E-state index in [1.54, 1.807) is 0 Å². The van der Waals surface area contributed by atoms with E-state index >= 15 is 0 Å². The highest BCUT2D eigenvalue weighted by Gasteiger charge is 2.33. The van der Waals surface area contributed by atoms with Gasteiger partial charge >= 0.3 is 0 Å². The van der Waals surface area contributed by atoms with Gasteiger partial charge in [-0.1, -0.05) is 48.2 Å². The summed E-state index contributed by atoms with van der Waals surface area (Å²) in [4.78, 5) is 32.0. The molecule has 0 radical (unpaired) electrons. The molecule has 1 amide bonds. The molecule has 29 heavy (non-hydrogen) atoms. The highest BCUT2D eigenvalue weighted by atomic mass is 32.2. The molecule has 148 valence electrons. The summed E-state index contributed by atoms with van der Waals surface area (Å²) in [5.74, 6) is -2.71. The number of anilines is 1. The molecule has 0 fully saturated rings. The number of benzene rings is 2. The first-order valence-electron chi connectivity index (χ1n) is 8.99. The van der Waals surface area contributed by atoms with Gasteiger partial charge in [-0.2, -0.15) is 0 Å². The van der Waals surface area contributed by atoms with Crippen LogP contribution in [0.2, 0.25) is 0 Å². The van der Waals surface area contributed by atoms with Crippen LogP contribution in [0.15, 0.2) is 52.4 Å². The molecule has 1 aliphatic rings. The number of H-pyrrole nitrogens is 1. The van der Waals surface area contributed by atoms with Crippen molar-refractivity contribution in [2.24, 2.45) is 0 Å². The standard InChI is InChI=1S/C21H17F2N3O2S/c1-11-5-2-3-6-12(11)10-29-21-25-19-17(20(28)26-21)14(9-16(27)24-19)13-7-4-8-15(22)18(13)23/h2-8,14H,9-10H2,1H3,(H2,24,25,26,27,28)/t14-/m1/s1. The van der Waals surface area contributed by atoms with Gasteiger partial charge in [-0.25, -0.2) is 13.8 Å². The number of carbonyl (C=O) groups is 1. The van der Waals surface area contributed by atoms with Crippen molar-refractivity contribution in [3.8, 4) is 0 Å². The molecule has 0 saturated carbocycles. The summed E-state index contributed by atoms with van der Waals surface area (Å²) >= 11 is 1.33. The first kappa shape index (κ1) is 19.3. The topological polar surface area (TPSA) is 74.8 Å². The van der Waals surface area contributed by atoms with Gasteiger partial charge in [0, 0.05) is 18.1 Å². The van der Waals surface area contributed by atoms with Gasteiger partial charge in [0.25, 0.3) is 5.56 Å². The number of aryl methyl sites for hydroxylation is 1. The summed E-state index contributed by atoms with van der Waals surface area (Å²) in [6, 6.07) is 11.6. The summed E-state index contributed by atoms with van der Waals surface area (Å²) in [6.45, 7) is 2.00. The predicted molar refractivity (Wildman–Crippen MR) is 107 cm³/mol. The van der Waals surface area contributed by atoms with Gasteiger partial charge in [0.2, 0.25) is 5.91 Å². The number of thioether (sulfide) groups is 1. The first-order chi connectivity index (χ1) is 13.9. The second-order valence-electron chi connectivity index (χ2n) is 6.80. The molecular formula is C21H17F2N3O2S. The highest BCUT2D eigenvalue weighted by Crippen LogP contribution is 2.36.